The molecule has 0 aromatic carbocycles. The Morgan fingerprint density at radius 2 is 1.47 bits per heavy atom. The highest BCUT2D eigenvalue weighted by Gasteiger charge is 2.74. The summed E-state index contributed by atoms with van der Waals surface area (Å²) in [6.45, 7) is 32.4. The Balaban J connectivity index is 1.87. The van der Waals surface area contributed by atoms with E-state index in [9.17, 15) is 0 Å². The standard InChI is InChI=1S/C31H60N/c1-12-16-31(22(5)6)18-26(31)17-27-19-32(20-29(27,10)21-32)30(11,25(9)23(7)13-2)28(15-4)24(8)14-3/h22-28H,12-21H2,1-11H3/q+1. The van der Waals surface area contributed by atoms with Crippen molar-refractivity contribution in [2.45, 2.75) is 127 Å². The van der Waals surface area contributed by atoms with Gasteiger partial charge in [0.1, 0.15) is 5.54 Å². The van der Waals surface area contributed by atoms with Crippen LogP contribution in [0.25, 0.3) is 0 Å². The average Bonchev–Trinajstić information content (AvgIpc) is 3.25. The van der Waals surface area contributed by atoms with Crippen molar-refractivity contribution in [2.24, 2.45) is 52.3 Å². The van der Waals surface area contributed by atoms with Gasteiger partial charge in [0.15, 0.2) is 0 Å². The molecule has 32 heavy (non-hydrogen) atoms. The number of fused-ring (bicyclic) bond motifs is 1. The van der Waals surface area contributed by atoms with E-state index in [1.807, 2.05) is 0 Å². The van der Waals surface area contributed by atoms with Crippen molar-refractivity contribution in [3.63, 3.8) is 0 Å². The molecule has 3 heterocycles. The van der Waals surface area contributed by atoms with Gasteiger partial charge in [-0.1, -0.05) is 81.6 Å². The van der Waals surface area contributed by atoms with Crippen LogP contribution in [0.2, 0.25) is 0 Å². The minimum absolute atomic E-state index is 0.427. The Labute approximate surface area is 203 Å². The largest absolute Gasteiger partial charge is 0.317 e. The Hall–Kier alpha value is -0.0400. The topological polar surface area (TPSA) is 0 Å². The highest BCUT2D eigenvalue weighted by atomic mass is 15.5. The molecule has 4 rings (SSSR count). The molecule has 0 aromatic rings. The van der Waals surface area contributed by atoms with Crippen LogP contribution in [0.1, 0.15) is 121 Å². The van der Waals surface area contributed by atoms with Crippen LogP contribution in [0.5, 0.6) is 0 Å². The Bertz CT molecular complexity index is 630. The summed E-state index contributed by atoms with van der Waals surface area (Å²) in [6, 6.07) is 0. The van der Waals surface area contributed by atoms with E-state index in [1.54, 1.807) is 0 Å². The smallest absolute Gasteiger partial charge is 0.102 e. The Kier molecular flexibility index (Phi) is 7.64. The highest BCUT2D eigenvalue weighted by molar-refractivity contribution is 5.10. The fourth-order valence-electron chi connectivity index (χ4n) is 9.82. The first-order chi connectivity index (χ1) is 14.9. The van der Waals surface area contributed by atoms with Crippen molar-refractivity contribution >= 4 is 0 Å². The van der Waals surface area contributed by atoms with Crippen molar-refractivity contribution in [3.8, 4) is 0 Å². The lowest BCUT2D eigenvalue weighted by atomic mass is 9.61. The van der Waals surface area contributed by atoms with Crippen LogP contribution in [-0.2, 0) is 0 Å². The number of rotatable bonds is 13. The minimum Gasteiger partial charge on any atom is -0.317 e. The molecule has 2 bridgehead atoms. The van der Waals surface area contributed by atoms with E-state index < -0.39 is 0 Å². The van der Waals surface area contributed by atoms with E-state index in [0.717, 1.165) is 41.4 Å². The summed E-state index contributed by atoms with van der Waals surface area (Å²) in [4.78, 5) is 0. The summed E-state index contributed by atoms with van der Waals surface area (Å²) >= 11 is 0. The first kappa shape index (κ1) is 26.6. The highest BCUT2D eigenvalue weighted by Crippen LogP contribution is 2.68. The van der Waals surface area contributed by atoms with Gasteiger partial charge in [-0.3, -0.25) is 0 Å². The van der Waals surface area contributed by atoms with Crippen LogP contribution in [0.4, 0.5) is 0 Å². The lowest BCUT2D eigenvalue weighted by Gasteiger charge is -2.63. The van der Waals surface area contributed by atoms with E-state index in [4.69, 9.17) is 0 Å². The fourth-order valence-corrected chi connectivity index (χ4v) is 9.82. The zero-order valence-electron chi connectivity index (χ0n) is 24.1. The van der Waals surface area contributed by atoms with Gasteiger partial charge in [0.25, 0.3) is 0 Å². The van der Waals surface area contributed by atoms with E-state index in [2.05, 4.69) is 76.2 Å². The van der Waals surface area contributed by atoms with Crippen molar-refractivity contribution < 1.29 is 4.48 Å². The summed E-state index contributed by atoms with van der Waals surface area (Å²) in [5.74, 6) is 6.13. The second-order valence-corrected chi connectivity index (χ2v) is 14.1. The van der Waals surface area contributed by atoms with Gasteiger partial charge >= 0.3 is 0 Å². The summed E-state index contributed by atoms with van der Waals surface area (Å²) in [5, 5.41) is 0. The molecular formula is C31H60N+. The lowest BCUT2D eigenvalue weighted by Crippen LogP contribution is -2.76. The number of quaternary nitrogens is 1. The van der Waals surface area contributed by atoms with Crippen LogP contribution in [0, 0.1) is 52.3 Å². The third-order valence-electron chi connectivity index (χ3n) is 12.6. The summed E-state index contributed by atoms with van der Waals surface area (Å²) in [5.41, 5.74) is 1.73. The molecule has 1 saturated carbocycles. The van der Waals surface area contributed by atoms with Gasteiger partial charge in [0, 0.05) is 17.8 Å². The third kappa shape index (κ3) is 3.83. The number of hydrogen-bond donors (Lipinski definition) is 0. The van der Waals surface area contributed by atoms with Gasteiger partial charge in [-0.15, -0.1) is 0 Å². The molecule has 8 unspecified atom stereocenters. The van der Waals surface area contributed by atoms with Crippen LogP contribution in [0.3, 0.4) is 0 Å². The molecule has 1 aliphatic carbocycles. The van der Waals surface area contributed by atoms with E-state index in [1.165, 1.54) is 69.1 Å². The quantitative estimate of drug-likeness (QED) is 0.248. The molecule has 1 heteroatoms. The summed E-state index contributed by atoms with van der Waals surface area (Å²) in [7, 11) is 0. The maximum Gasteiger partial charge on any atom is 0.102 e. The van der Waals surface area contributed by atoms with Crippen LogP contribution >= 0.6 is 0 Å². The van der Waals surface area contributed by atoms with Crippen LogP contribution in [-0.4, -0.2) is 29.7 Å². The molecule has 4 aliphatic rings. The molecule has 0 amide bonds. The van der Waals surface area contributed by atoms with Gasteiger partial charge in [-0.05, 0) is 68.6 Å². The molecule has 0 radical (unpaired) electrons. The first-order valence-electron chi connectivity index (χ1n) is 14.8. The third-order valence-corrected chi connectivity index (χ3v) is 12.6. The minimum atomic E-state index is 0.427. The average molecular weight is 447 g/mol. The fraction of sp³-hybridized carbons (Fsp3) is 1.00. The monoisotopic (exact) mass is 446 g/mol. The predicted octanol–water partition coefficient (Wildman–Crippen LogP) is 8.82. The van der Waals surface area contributed by atoms with Gasteiger partial charge < -0.3 is 4.48 Å². The number of hydrogen-bond acceptors (Lipinski definition) is 0. The molecule has 188 valence electrons. The molecular weight excluding hydrogens is 386 g/mol. The first-order valence-corrected chi connectivity index (χ1v) is 14.8. The summed E-state index contributed by atoms with van der Waals surface area (Å²) < 4.78 is 1.46. The van der Waals surface area contributed by atoms with Gasteiger partial charge in [-0.2, -0.15) is 0 Å². The number of nitrogens with zero attached hydrogens (tertiary/aromatic N) is 1. The van der Waals surface area contributed by atoms with Crippen LogP contribution in [0.15, 0.2) is 0 Å². The molecule has 0 N–H and O–H groups in total. The zero-order chi connectivity index (χ0) is 24.1. The zero-order valence-corrected chi connectivity index (χ0v) is 24.1. The van der Waals surface area contributed by atoms with Crippen molar-refractivity contribution in [3.05, 3.63) is 0 Å². The van der Waals surface area contributed by atoms with Gasteiger partial charge in [0.2, 0.25) is 0 Å². The summed E-state index contributed by atoms with van der Waals surface area (Å²) in [6.07, 6.45) is 9.89. The molecule has 3 aliphatic heterocycles. The maximum absolute atomic E-state index is 2.76. The second kappa shape index (κ2) is 9.20. The SMILES string of the molecule is CCCC1(C(C)C)CC1CC1C[N+]2(C(C)(C(C)C(C)CC)C(CC)C(C)CC)CC1(C)C2. The molecule has 3 saturated heterocycles. The maximum atomic E-state index is 2.76. The molecule has 1 nitrogen and oxygen atoms in total. The van der Waals surface area contributed by atoms with E-state index in [-0.39, 0.29) is 0 Å². The molecule has 0 spiro atoms. The normalized spacial score (nSPS) is 41.6. The Morgan fingerprint density at radius 1 is 0.875 bits per heavy atom. The Morgan fingerprint density at radius 3 is 1.94 bits per heavy atom. The van der Waals surface area contributed by atoms with Crippen molar-refractivity contribution in [2.75, 3.05) is 19.6 Å². The lowest BCUT2D eigenvalue weighted by molar-refractivity contribution is -1.01. The molecule has 8 atom stereocenters. The predicted molar refractivity (Wildman–Crippen MR) is 142 cm³/mol. The van der Waals surface area contributed by atoms with E-state index >= 15 is 0 Å². The van der Waals surface area contributed by atoms with Crippen LogP contribution < -0.4 is 0 Å². The molecule has 0 aromatic heterocycles. The van der Waals surface area contributed by atoms with Crippen molar-refractivity contribution in [1.29, 1.82) is 0 Å². The van der Waals surface area contributed by atoms with Gasteiger partial charge in [-0.25, -0.2) is 0 Å². The second-order valence-electron chi connectivity index (χ2n) is 14.1. The van der Waals surface area contributed by atoms with E-state index in [0.29, 0.717) is 16.4 Å². The van der Waals surface area contributed by atoms with Crippen molar-refractivity contribution in [1.82, 2.24) is 0 Å². The molecule has 4 fully saturated rings. The van der Waals surface area contributed by atoms with Gasteiger partial charge in [0.05, 0.1) is 25.0 Å².